The van der Waals surface area contributed by atoms with Crippen molar-refractivity contribution in [1.29, 1.82) is 0 Å². The Balaban J connectivity index is 0.00000264. The molecule has 0 aromatic heterocycles. The van der Waals surface area contributed by atoms with Crippen LogP contribution in [0.4, 0.5) is 0 Å². The van der Waals surface area contributed by atoms with Gasteiger partial charge in [0.2, 0.25) is 0 Å². The summed E-state index contributed by atoms with van der Waals surface area (Å²) in [6, 6.07) is 6.23. The number of halogens is 1. The SMILES string of the molecule is COCCS(=O)(=O)c1ccc(C(=O)NC2CCNCC2)cc1.Cl. The lowest BCUT2D eigenvalue weighted by Crippen LogP contribution is -2.42. The third kappa shape index (κ3) is 5.76. The Morgan fingerprint density at radius 3 is 2.43 bits per heavy atom. The van der Waals surface area contributed by atoms with Crippen molar-refractivity contribution < 1.29 is 17.9 Å². The molecule has 1 heterocycles. The highest BCUT2D eigenvalue weighted by molar-refractivity contribution is 7.91. The summed E-state index contributed by atoms with van der Waals surface area (Å²) in [4.78, 5) is 12.4. The second kappa shape index (κ2) is 9.22. The van der Waals surface area contributed by atoms with Crippen LogP contribution in [-0.4, -0.2) is 52.9 Å². The number of amides is 1. The van der Waals surface area contributed by atoms with Gasteiger partial charge in [-0.2, -0.15) is 0 Å². The average molecular weight is 363 g/mol. The minimum absolute atomic E-state index is 0. The Hall–Kier alpha value is -1.15. The summed E-state index contributed by atoms with van der Waals surface area (Å²) in [5.41, 5.74) is 0.476. The Labute approximate surface area is 143 Å². The number of carbonyl (C=O) groups is 1. The fourth-order valence-electron chi connectivity index (χ4n) is 2.36. The molecule has 1 aromatic rings. The number of benzene rings is 1. The van der Waals surface area contributed by atoms with Gasteiger partial charge >= 0.3 is 0 Å². The molecule has 2 rings (SSSR count). The van der Waals surface area contributed by atoms with Gasteiger partial charge in [-0.15, -0.1) is 12.4 Å². The zero-order valence-corrected chi connectivity index (χ0v) is 14.7. The van der Waals surface area contributed by atoms with Crippen molar-refractivity contribution >= 4 is 28.2 Å². The largest absolute Gasteiger partial charge is 0.384 e. The summed E-state index contributed by atoms with van der Waals surface area (Å²) in [7, 11) is -1.90. The van der Waals surface area contributed by atoms with Crippen LogP contribution in [0.15, 0.2) is 29.2 Å². The molecule has 0 radical (unpaired) electrons. The Kier molecular flexibility index (Phi) is 7.98. The standard InChI is InChI=1S/C15H22N2O4S.ClH/c1-21-10-11-22(19,20)14-4-2-12(3-5-14)15(18)17-13-6-8-16-9-7-13;/h2-5,13,16H,6-11H2,1H3,(H,17,18);1H. The van der Waals surface area contributed by atoms with E-state index >= 15 is 0 Å². The predicted molar refractivity (Wildman–Crippen MR) is 91.0 cm³/mol. The monoisotopic (exact) mass is 362 g/mol. The molecule has 23 heavy (non-hydrogen) atoms. The van der Waals surface area contributed by atoms with Gasteiger partial charge in [0.25, 0.3) is 5.91 Å². The third-order valence-corrected chi connectivity index (χ3v) is 5.40. The first-order chi connectivity index (χ1) is 10.5. The molecule has 1 aliphatic rings. The van der Waals surface area contributed by atoms with Crippen LogP contribution in [0.25, 0.3) is 0 Å². The van der Waals surface area contributed by atoms with Crippen molar-refractivity contribution in [1.82, 2.24) is 10.6 Å². The number of nitrogens with one attached hydrogen (secondary N) is 2. The second-order valence-corrected chi connectivity index (χ2v) is 7.44. The summed E-state index contributed by atoms with van der Waals surface area (Å²) >= 11 is 0. The highest BCUT2D eigenvalue weighted by Gasteiger charge is 2.18. The molecule has 1 aliphatic heterocycles. The molecule has 130 valence electrons. The first-order valence-corrected chi connectivity index (χ1v) is 9.01. The van der Waals surface area contributed by atoms with Gasteiger partial charge in [-0.3, -0.25) is 4.79 Å². The highest BCUT2D eigenvalue weighted by Crippen LogP contribution is 2.13. The van der Waals surface area contributed by atoms with E-state index in [0.29, 0.717) is 5.56 Å². The van der Waals surface area contributed by atoms with Crippen LogP contribution in [0.2, 0.25) is 0 Å². The molecular weight excluding hydrogens is 340 g/mol. The van der Waals surface area contributed by atoms with E-state index in [0.717, 1.165) is 25.9 Å². The van der Waals surface area contributed by atoms with Crippen LogP contribution in [0.5, 0.6) is 0 Å². The van der Waals surface area contributed by atoms with Gasteiger partial charge in [0.05, 0.1) is 17.3 Å². The first-order valence-electron chi connectivity index (χ1n) is 7.36. The second-order valence-electron chi connectivity index (χ2n) is 5.33. The summed E-state index contributed by atoms with van der Waals surface area (Å²) in [5.74, 6) is -0.225. The molecule has 1 saturated heterocycles. The summed E-state index contributed by atoms with van der Waals surface area (Å²) < 4.78 is 28.8. The van der Waals surface area contributed by atoms with Gasteiger partial charge in [0, 0.05) is 18.7 Å². The summed E-state index contributed by atoms with van der Waals surface area (Å²) in [5, 5.41) is 6.22. The molecule has 0 aliphatic carbocycles. The lowest BCUT2D eigenvalue weighted by Gasteiger charge is -2.23. The third-order valence-electron chi connectivity index (χ3n) is 3.71. The molecule has 1 aromatic carbocycles. The van der Waals surface area contributed by atoms with Crippen molar-refractivity contribution in [2.24, 2.45) is 0 Å². The van der Waals surface area contributed by atoms with E-state index in [2.05, 4.69) is 10.6 Å². The van der Waals surface area contributed by atoms with Crippen LogP contribution in [-0.2, 0) is 14.6 Å². The van der Waals surface area contributed by atoms with Crippen LogP contribution >= 0.6 is 12.4 Å². The number of ether oxygens (including phenoxy) is 1. The van der Waals surface area contributed by atoms with Gasteiger partial charge in [-0.05, 0) is 50.2 Å². The maximum atomic E-state index is 12.1. The zero-order chi connectivity index (χ0) is 16.0. The number of piperidine rings is 1. The molecule has 1 amide bonds. The van der Waals surface area contributed by atoms with Crippen molar-refractivity contribution in [2.75, 3.05) is 32.6 Å². The minimum atomic E-state index is -3.36. The average Bonchev–Trinajstić information content (AvgIpc) is 2.54. The molecule has 0 unspecified atom stereocenters. The van der Waals surface area contributed by atoms with Crippen LogP contribution in [0.1, 0.15) is 23.2 Å². The number of hydrogen-bond donors (Lipinski definition) is 2. The van der Waals surface area contributed by atoms with E-state index in [1.54, 1.807) is 12.1 Å². The van der Waals surface area contributed by atoms with Crippen molar-refractivity contribution in [3.63, 3.8) is 0 Å². The number of carbonyl (C=O) groups excluding carboxylic acids is 1. The molecule has 0 bridgehead atoms. The van der Waals surface area contributed by atoms with Gasteiger partial charge in [0.15, 0.2) is 9.84 Å². The maximum Gasteiger partial charge on any atom is 0.251 e. The van der Waals surface area contributed by atoms with E-state index in [9.17, 15) is 13.2 Å². The Morgan fingerprint density at radius 1 is 1.26 bits per heavy atom. The van der Waals surface area contributed by atoms with Crippen LogP contribution in [0.3, 0.4) is 0 Å². The fourth-order valence-corrected chi connectivity index (χ4v) is 3.53. The van der Waals surface area contributed by atoms with Crippen LogP contribution in [0, 0.1) is 0 Å². The number of hydrogen-bond acceptors (Lipinski definition) is 5. The van der Waals surface area contributed by atoms with E-state index in [4.69, 9.17) is 4.74 Å². The smallest absolute Gasteiger partial charge is 0.251 e. The van der Waals surface area contributed by atoms with Crippen molar-refractivity contribution in [2.45, 2.75) is 23.8 Å². The fraction of sp³-hybridized carbons (Fsp3) is 0.533. The lowest BCUT2D eigenvalue weighted by molar-refractivity contribution is 0.0929. The number of methoxy groups -OCH3 is 1. The molecule has 0 atom stereocenters. The summed E-state index contributed by atoms with van der Waals surface area (Å²) in [6.07, 6.45) is 1.82. The molecule has 2 N–H and O–H groups in total. The highest BCUT2D eigenvalue weighted by atomic mass is 35.5. The van der Waals surface area contributed by atoms with E-state index in [1.165, 1.54) is 19.2 Å². The molecule has 6 nitrogen and oxygen atoms in total. The van der Waals surface area contributed by atoms with E-state index in [-0.39, 0.29) is 41.6 Å². The minimum Gasteiger partial charge on any atom is -0.384 e. The Bertz CT molecular complexity index is 598. The van der Waals surface area contributed by atoms with E-state index < -0.39 is 9.84 Å². The lowest BCUT2D eigenvalue weighted by atomic mass is 10.1. The molecule has 0 spiro atoms. The molecule has 1 fully saturated rings. The van der Waals surface area contributed by atoms with E-state index in [1.807, 2.05) is 0 Å². The normalized spacial score (nSPS) is 15.7. The predicted octanol–water partition coefficient (Wildman–Crippen LogP) is 1.01. The summed E-state index contributed by atoms with van der Waals surface area (Å²) in [6.45, 7) is 1.96. The van der Waals surface area contributed by atoms with Gasteiger partial charge < -0.3 is 15.4 Å². The Morgan fingerprint density at radius 2 is 1.87 bits per heavy atom. The van der Waals surface area contributed by atoms with Gasteiger partial charge in [-0.1, -0.05) is 0 Å². The number of sulfone groups is 1. The van der Waals surface area contributed by atoms with Crippen molar-refractivity contribution in [3.05, 3.63) is 29.8 Å². The molecular formula is C15H23ClN2O4S. The quantitative estimate of drug-likeness (QED) is 0.789. The molecule has 8 heteroatoms. The molecule has 0 saturated carbocycles. The zero-order valence-electron chi connectivity index (χ0n) is 13.1. The van der Waals surface area contributed by atoms with Crippen molar-refractivity contribution in [3.8, 4) is 0 Å². The maximum absolute atomic E-state index is 12.1. The number of rotatable bonds is 6. The van der Waals surface area contributed by atoms with Crippen LogP contribution < -0.4 is 10.6 Å². The van der Waals surface area contributed by atoms with Gasteiger partial charge in [0.1, 0.15) is 0 Å². The topological polar surface area (TPSA) is 84.5 Å². The first kappa shape index (κ1) is 19.9. The van der Waals surface area contributed by atoms with Gasteiger partial charge in [-0.25, -0.2) is 8.42 Å².